The van der Waals surface area contributed by atoms with E-state index in [1.807, 2.05) is 6.92 Å². The maximum atomic E-state index is 6.09. The predicted molar refractivity (Wildman–Crippen MR) is 54.3 cm³/mol. The van der Waals surface area contributed by atoms with E-state index in [2.05, 4.69) is 11.8 Å². The Hall–Kier alpha value is -0.150. The van der Waals surface area contributed by atoms with Crippen LogP contribution >= 0.6 is 11.6 Å². The van der Waals surface area contributed by atoms with Crippen molar-refractivity contribution < 1.29 is 0 Å². The van der Waals surface area contributed by atoms with Crippen LogP contribution in [-0.4, -0.2) is 5.38 Å². The van der Waals surface area contributed by atoms with Crippen molar-refractivity contribution in [3.8, 4) is 11.8 Å². The minimum absolute atomic E-state index is 0.443. The van der Waals surface area contributed by atoms with Crippen LogP contribution in [0.1, 0.15) is 45.4 Å². The first kappa shape index (κ1) is 9.93. The molecule has 0 aromatic carbocycles. The number of hydrogen-bond donors (Lipinski definition) is 0. The van der Waals surface area contributed by atoms with Crippen LogP contribution in [0.15, 0.2) is 0 Å². The zero-order valence-electron chi connectivity index (χ0n) is 7.78. The van der Waals surface area contributed by atoms with Gasteiger partial charge >= 0.3 is 0 Å². The lowest BCUT2D eigenvalue weighted by atomic mass is 9.86. The summed E-state index contributed by atoms with van der Waals surface area (Å²) in [5.74, 6) is 6.90. The normalized spacial score (nSPS) is 29.2. The molecule has 0 nitrogen and oxygen atoms in total. The second-order valence-electron chi connectivity index (χ2n) is 3.60. The summed E-state index contributed by atoms with van der Waals surface area (Å²) in [5, 5.41) is 0.443. The molecule has 0 aromatic heterocycles. The molecule has 0 bridgehead atoms. The fourth-order valence-corrected chi connectivity index (χ4v) is 2.30. The summed E-state index contributed by atoms with van der Waals surface area (Å²) in [6.45, 7) is 1.91. The molecule has 0 N–H and O–H groups in total. The molecule has 2 unspecified atom stereocenters. The molecule has 1 heteroatoms. The summed E-state index contributed by atoms with van der Waals surface area (Å²) in [6.07, 6.45) is 7.44. The molecule has 1 rings (SSSR count). The van der Waals surface area contributed by atoms with Crippen molar-refractivity contribution >= 4 is 11.6 Å². The van der Waals surface area contributed by atoms with Crippen LogP contribution in [0.25, 0.3) is 0 Å². The molecule has 0 aliphatic heterocycles. The van der Waals surface area contributed by atoms with Gasteiger partial charge in [0, 0.05) is 11.8 Å². The van der Waals surface area contributed by atoms with Crippen molar-refractivity contribution in [3.63, 3.8) is 0 Å². The van der Waals surface area contributed by atoms with Crippen LogP contribution in [0.5, 0.6) is 0 Å². The first-order chi connectivity index (χ1) is 5.83. The summed E-state index contributed by atoms with van der Waals surface area (Å²) in [7, 11) is 0. The van der Waals surface area contributed by atoms with Crippen LogP contribution < -0.4 is 0 Å². The van der Waals surface area contributed by atoms with Gasteiger partial charge in [-0.2, -0.15) is 0 Å². The third-order valence-corrected chi connectivity index (χ3v) is 2.97. The third kappa shape index (κ3) is 3.50. The first-order valence-corrected chi connectivity index (χ1v) is 5.30. The van der Waals surface area contributed by atoms with E-state index in [0.717, 1.165) is 12.3 Å². The average Bonchev–Trinajstić information content (AvgIpc) is 2.05. The van der Waals surface area contributed by atoms with E-state index in [0.29, 0.717) is 5.38 Å². The van der Waals surface area contributed by atoms with Crippen LogP contribution in [0.4, 0.5) is 0 Å². The summed E-state index contributed by atoms with van der Waals surface area (Å²) in [5.41, 5.74) is 0. The molecule has 0 amide bonds. The van der Waals surface area contributed by atoms with E-state index in [1.165, 1.54) is 32.1 Å². The fourth-order valence-electron chi connectivity index (χ4n) is 1.89. The van der Waals surface area contributed by atoms with Gasteiger partial charge in [0.05, 0.1) is 0 Å². The summed E-state index contributed by atoms with van der Waals surface area (Å²) >= 11 is 6.09. The van der Waals surface area contributed by atoms with E-state index in [9.17, 15) is 0 Å². The van der Waals surface area contributed by atoms with Gasteiger partial charge in [-0.05, 0) is 32.1 Å². The molecule has 1 aliphatic carbocycles. The molecule has 0 radical (unpaired) electrons. The van der Waals surface area contributed by atoms with Crippen LogP contribution in [0, 0.1) is 17.8 Å². The Labute approximate surface area is 80.7 Å². The molecule has 1 aliphatic rings. The molecule has 68 valence electrons. The number of alkyl halides is 1. The molecule has 2 atom stereocenters. The van der Waals surface area contributed by atoms with Gasteiger partial charge in [0.2, 0.25) is 0 Å². The minimum Gasteiger partial charge on any atom is -0.123 e. The van der Waals surface area contributed by atoms with E-state index in [-0.39, 0.29) is 0 Å². The topological polar surface area (TPSA) is 0 Å². The first-order valence-electron chi connectivity index (χ1n) is 4.86. The van der Waals surface area contributed by atoms with Crippen molar-refractivity contribution in [2.75, 3.05) is 0 Å². The number of halogens is 1. The summed E-state index contributed by atoms with van der Waals surface area (Å²) < 4.78 is 0. The Morgan fingerprint density at radius 3 is 2.92 bits per heavy atom. The Bertz CT molecular complexity index is 175. The van der Waals surface area contributed by atoms with Crippen LogP contribution in [0.3, 0.4) is 0 Å². The van der Waals surface area contributed by atoms with E-state index >= 15 is 0 Å². The molecule has 0 saturated heterocycles. The van der Waals surface area contributed by atoms with Gasteiger partial charge in [-0.1, -0.05) is 12.8 Å². The van der Waals surface area contributed by atoms with Gasteiger partial charge in [-0.25, -0.2) is 0 Å². The Balaban J connectivity index is 2.17. The minimum atomic E-state index is 0.443. The van der Waals surface area contributed by atoms with Gasteiger partial charge in [0.15, 0.2) is 0 Å². The van der Waals surface area contributed by atoms with E-state index in [4.69, 9.17) is 11.6 Å². The van der Waals surface area contributed by atoms with Crippen molar-refractivity contribution in [1.82, 2.24) is 0 Å². The molecule has 12 heavy (non-hydrogen) atoms. The Morgan fingerprint density at radius 2 is 2.25 bits per heavy atom. The third-order valence-electron chi connectivity index (χ3n) is 2.57. The van der Waals surface area contributed by atoms with E-state index < -0.39 is 0 Å². The lowest BCUT2D eigenvalue weighted by Crippen LogP contribution is -2.15. The molecular formula is C11H17Cl. The monoisotopic (exact) mass is 184 g/mol. The highest BCUT2D eigenvalue weighted by molar-refractivity contribution is 6.20. The second kappa shape index (κ2) is 5.49. The van der Waals surface area contributed by atoms with Crippen LogP contribution in [-0.2, 0) is 0 Å². The summed E-state index contributed by atoms with van der Waals surface area (Å²) in [6, 6.07) is 0. The zero-order valence-corrected chi connectivity index (χ0v) is 8.53. The van der Waals surface area contributed by atoms with Gasteiger partial charge in [0.25, 0.3) is 0 Å². The Kier molecular flexibility index (Phi) is 4.54. The lowest BCUT2D eigenvalue weighted by Gasteiger charge is -2.24. The fraction of sp³-hybridized carbons (Fsp3) is 0.818. The maximum Gasteiger partial charge on any atom is 0.0338 e. The standard InChI is InChI=1S/C11H17Cl/c1-2-3-4-6-10-7-5-8-11(12)9-10/h10-11H,4-9H2,1H3. The quantitative estimate of drug-likeness (QED) is 0.455. The van der Waals surface area contributed by atoms with Gasteiger partial charge in [0.1, 0.15) is 0 Å². The molecule has 1 fully saturated rings. The highest BCUT2D eigenvalue weighted by atomic mass is 35.5. The van der Waals surface area contributed by atoms with Gasteiger partial charge < -0.3 is 0 Å². The SMILES string of the molecule is CC#CCCC1CCCC(Cl)C1. The van der Waals surface area contributed by atoms with Crippen molar-refractivity contribution in [2.45, 2.75) is 50.8 Å². The zero-order chi connectivity index (χ0) is 8.81. The lowest BCUT2D eigenvalue weighted by molar-refractivity contribution is 0.347. The Morgan fingerprint density at radius 1 is 1.42 bits per heavy atom. The largest absolute Gasteiger partial charge is 0.123 e. The summed E-state index contributed by atoms with van der Waals surface area (Å²) in [4.78, 5) is 0. The second-order valence-corrected chi connectivity index (χ2v) is 4.21. The predicted octanol–water partition coefficient (Wildman–Crippen LogP) is 3.59. The molecular weight excluding hydrogens is 168 g/mol. The van der Waals surface area contributed by atoms with E-state index in [1.54, 1.807) is 0 Å². The maximum absolute atomic E-state index is 6.09. The van der Waals surface area contributed by atoms with Crippen molar-refractivity contribution in [2.24, 2.45) is 5.92 Å². The van der Waals surface area contributed by atoms with Gasteiger partial charge in [-0.3, -0.25) is 0 Å². The van der Waals surface area contributed by atoms with Crippen LogP contribution in [0.2, 0.25) is 0 Å². The van der Waals surface area contributed by atoms with Crippen molar-refractivity contribution in [1.29, 1.82) is 0 Å². The molecule has 1 saturated carbocycles. The number of hydrogen-bond acceptors (Lipinski definition) is 0. The van der Waals surface area contributed by atoms with Gasteiger partial charge in [-0.15, -0.1) is 23.4 Å². The highest BCUT2D eigenvalue weighted by Gasteiger charge is 2.19. The highest BCUT2D eigenvalue weighted by Crippen LogP contribution is 2.30. The number of rotatable bonds is 2. The molecule has 0 heterocycles. The molecule has 0 aromatic rings. The smallest absolute Gasteiger partial charge is 0.0338 e. The molecule has 0 spiro atoms. The average molecular weight is 185 g/mol. The van der Waals surface area contributed by atoms with Crippen molar-refractivity contribution in [3.05, 3.63) is 0 Å².